The molecule has 0 aromatic heterocycles. The molecule has 0 spiro atoms. The van der Waals surface area contributed by atoms with Gasteiger partial charge in [-0.2, -0.15) is 0 Å². The van der Waals surface area contributed by atoms with Gasteiger partial charge >= 0.3 is 5.97 Å². The smallest absolute Gasteiger partial charge is 0.331 e. The second-order valence-corrected chi connectivity index (χ2v) is 16.1. The number of esters is 1. The van der Waals surface area contributed by atoms with Crippen molar-refractivity contribution < 1.29 is 64.2 Å². The van der Waals surface area contributed by atoms with Crippen LogP contribution >= 0.6 is 0 Å². The van der Waals surface area contributed by atoms with Gasteiger partial charge in [-0.15, -0.1) is 0 Å². The van der Waals surface area contributed by atoms with Crippen LogP contribution in [0.1, 0.15) is 78.1 Å². The minimum atomic E-state index is -1.59. The van der Waals surface area contributed by atoms with Crippen LogP contribution in [0.2, 0.25) is 0 Å². The lowest BCUT2D eigenvalue weighted by molar-refractivity contribution is -0.344. The molecule has 2 saturated heterocycles. The molecule has 7 N–H and O–H groups in total. The van der Waals surface area contributed by atoms with Crippen molar-refractivity contribution in [1.29, 1.82) is 0 Å². The number of hydrogen-bond acceptors (Lipinski definition) is 13. The summed E-state index contributed by atoms with van der Waals surface area (Å²) in [7, 11) is 0. The van der Waals surface area contributed by atoms with Gasteiger partial charge in [0, 0.05) is 24.5 Å². The average molecular weight is 683 g/mol. The van der Waals surface area contributed by atoms with E-state index < -0.39 is 67.5 Å². The molecule has 0 aromatic rings. The van der Waals surface area contributed by atoms with Crippen molar-refractivity contribution in [3.05, 3.63) is 11.6 Å². The molecule has 17 atom stereocenters. The summed E-state index contributed by atoms with van der Waals surface area (Å²) in [5.41, 5.74) is -0.480. The molecule has 272 valence electrons. The Morgan fingerprint density at radius 3 is 2.38 bits per heavy atom. The van der Waals surface area contributed by atoms with Crippen molar-refractivity contribution in [2.75, 3.05) is 19.8 Å². The predicted molar refractivity (Wildman–Crippen MR) is 166 cm³/mol. The summed E-state index contributed by atoms with van der Waals surface area (Å²) in [6.07, 6.45) is -1.55. The van der Waals surface area contributed by atoms with E-state index in [2.05, 4.69) is 6.92 Å². The van der Waals surface area contributed by atoms with Crippen molar-refractivity contribution in [3.8, 4) is 0 Å². The van der Waals surface area contributed by atoms with Gasteiger partial charge in [0.25, 0.3) is 0 Å². The molecule has 3 aliphatic heterocycles. The summed E-state index contributed by atoms with van der Waals surface area (Å²) in [6, 6.07) is 0. The first-order valence-corrected chi connectivity index (χ1v) is 18.0. The van der Waals surface area contributed by atoms with E-state index in [1.54, 1.807) is 13.0 Å². The number of cyclic esters (lactones) is 1. The first-order chi connectivity index (χ1) is 22.8. The molecule has 48 heavy (non-hydrogen) atoms. The Morgan fingerprint density at radius 2 is 1.69 bits per heavy atom. The lowest BCUT2D eigenvalue weighted by Crippen LogP contribution is -2.64. The zero-order valence-electron chi connectivity index (χ0n) is 27.9. The monoisotopic (exact) mass is 682 g/mol. The molecule has 0 unspecified atom stereocenters. The van der Waals surface area contributed by atoms with Crippen LogP contribution in [0.3, 0.4) is 0 Å². The van der Waals surface area contributed by atoms with Crippen LogP contribution in [0, 0.1) is 34.5 Å². The Hall–Kier alpha value is -1.23. The fourth-order valence-corrected chi connectivity index (χ4v) is 11.5. The molecule has 7 aliphatic rings. The van der Waals surface area contributed by atoms with Gasteiger partial charge in [0.05, 0.1) is 30.5 Å². The van der Waals surface area contributed by atoms with Gasteiger partial charge in [-0.3, -0.25) is 0 Å². The van der Waals surface area contributed by atoms with Crippen LogP contribution in [-0.2, 0) is 28.5 Å². The zero-order valence-corrected chi connectivity index (χ0v) is 27.9. The molecule has 0 radical (unpaired) electrons. The highest BCUT2D eigenvalue weighted by Crippen LogP contribution is 2.70. The average Bonchev–Trinajstić information content (AvgIpc) is 3.61. The van der Waals surface area contributed by atoms with Gasteiger partial charge in [0.1, 0.15) is 37.1 Å². The van der Waals surface area contributed by atoms with E-state index in [9.17, 15) is 40.5 Å². The summed E-state index contributed by atoms with van der Waals surface area (Å²) in [6.45, 7) is 3.73. The van der Waals surface area contributed by atoms with Gasteiger partial charge in [-0.1, -0.05) is 6.92 Å². The number of carbonyl (C=O) groups is 1. The highest BCUT2D eigenvalue weighted by atomic mass is 16.7. The molecule has 13 heteroatoms. The lowest BCUT2D eigenvalue weighted by Gasteiger charge is -2.64. The molecule has 7 rings (SSSR count). The molecule has 4 aliphatic carbocycles. The normalized spacial score (nSPS) is 53.8. The Labute approximate surface area is 281 Å². The maximum absolute atomic E-state index is 12.5. The van der Waals surface area contributed by atoms with Crippen molar-refractivity contribution in [2.45, 2.75) is 145 Å². The van der Waals surface area contributed by atoms with Gasteiger partial charge in [-0.25, -0.2) is 4.79 Å². The molecular formula is C35H54O13. The maximum atomic E-state index is 12.5. The molecule has 6 fully saturated rings. The third-order valence-electron chi connectivity index (χ3n) is 14.1. The molecule has 3 heterocycles. The van der Waals surface area contributed by atoms with Gasteiger partial charge in [0.15, 0.2) is 12.6 Å². The fourth-order valence-electron chi connectivity index (χ4n) is 11.5. The van der Waals surface area contributed by atoms with Gasteiger partial charge < -0.3 is 59.4 Å². The van der Waals surface area contributed by atoms with E-state index in [0.29, 0.717) is 13.0 Å². The highest BCUT2D eigenvalue weighted by molar-refractivity contribution is 5.85. The Kier molecular flexibility index (Phi) is 9.58. The number of rotatable bonds is 7. The standard InChI is InChI=1S/C35H54O13/c1-17-31(48-32-30(42)29(41)28(40)25(14-36)47-32)24(38)13-27(45-17)46-20-5-9-34(16-37)19(12-20)3-4-23-22(34)6-8-33(2)21(7-10-35(23,33)43)18-11-26(39)44-15-18/h11,17,19-25,27-32,36-38,40-43H,3-10,12-16H2,1-2H3/t17-,19-,20+,21-,22+,23-,24+,25-,27+,28-,29+,30-,31+,32-,33-,34-,35+/m1/s1. The van der Waals surface area contributed by atoms with E-state index >= 15 is 0 Å². The Bertz CT molecular complexity index is 1220. The number of aliphatic hydroxyl groups is 7. The second-order valence-electron chi connectivity index (χ2n) is 16.1. The first-order valence-electron chi connectivity index (χ1n) is 18.0. The summed E-state index contributed by atoms with van der Waals surface area (Å²) < 4.78 is 29.1. The number of ether oxygens (including phenoxy) is 5. The van der Waals surface area contributed by atoms with E-state index in [0.717, 1.165) is 56.9 Å². The molecule has 4 saturated carbocycles. The fraction of sp³-hybridized carbons (Fsp3) is 0.914. The van der Waals surface area contributed by atoms with Crippen LogP contribution in [0.15, 0.2) is 11.6 Å². The largest absolute Gasteiger partial charge is 0.458 e. The van der Waals surface area contributed by atoms with Crippen LogP contribution in [0.5, 0.6) is 0 Å². The minimum Gasteiger partial charge on any atom is -0.458 e. The minimum absolute atomic E-state index is 0.0713. The van der Waals surface area contributed by atoms with Crippen molar-refractivity contribution in [1.82, 2.24) is 0 Å². The lowest BCUT2D eigenvalue weighted by atomic mass is 9.43. The van der Waals surface area contributed by atoms with E-state index in [-0.39, 0.29) is 59.6 Å². The van der Waals surface area contributed by atoms with Crippen molar-refractivity contribution in [2.24, 2.45) is 34.5 Å². The number of carbonyl (C=O) groups excluding carboxylic acids is 1. The predicted octanol–water partition coefficient (Wildman–Crippen LogP) is 0.282. The highest BCUT2D eigenvalue weighted by Gasteiger charge is 2.68. The summed E-state index contributed by atoms with van der Waals surface area (Å²) in [4.78, 5) is 11.9. The number of aliphatic hydroxyl groups excluding tert-OH is 6. The Balaban J connectivity index is 0.976. The third kappa shape index (κ3) is 5.51. The molecule has 0 aromatic carbocycles. The van der Waals surface area contributed by atoms with Crippen LogP contribution < -0.4 is 0 Å². The van der Waals surface area contributed by atoms with Crippen LogP contribution in [-0.4, -0.2) is 129 Å². The van der Waals surface area contributed by atoms with E-state index in [1.807, 2.05) is 0 Å². The molecule has 0 bridgehead atoms. The maximum Gasteiger partial charge on any atom is 0.331 e. The molecular weight excluding hydrogens is 628 g/mol. The summed E-state index contributed by atoms with van der Waals surface area (Å²) in [5.74, 6) is 0.337. The SMILES string of the molecule is C[C@H]1O[C@@H](O[C@H]2CC[C@@]3(CO)[C@H](CC[C@@H]4[C@@H]3CC[C@]3(C)[C@@H](C5=CC(=O)OC5)CC[C@]43O)C2)C[C@H](O)[C@H]1O[C@H]1O[C@H](CO)[C@@H](O)[C@H](O)[C@H]1O. The van der Waals surface area contributed by atoms with E-state index in [4.69, 9.17) is 23.7 Å². The van der Waals surface area contributed by atoms with Crippen LogP contribution in [0.4, 0.5) is 0 Å². The number of hydrogen-bond donors (Lipinski definition) is 7. The van der Waals surface area contributed by atoms with Crippen molar-refractivity contribution >= 4 is 5.97 Å². The van der Waals surface area contributed by atoms with Crippen LogP contribution in [0.25, 0.3) is 0 Å². The second kappa shape index (κ2) is 13.1. The van der Waals surface area contributed by atoms with Crippen molar-refractivity contribution in [3.63, 3.8) is 0 Å². The Morgan fingerprint density at radius 1 is 0.896 bits per heavy atom. The summed E-state index contributed by atoms with van der Waals surface area (Å²) in [5, 5.41) is 74.7. The quantitative estimate of drug-likeness (QED) is 0.143. The molecule has 13 nitrogen and oxygen atoms in total. The topological polar surface area (TPSA) is 205 Å². The summed E-state index contributed by atoms with van der Waals surface area (Å²) >= 11 is 0. The van der Waals surface area contributed by atoms with Gasteiger partial charge in [-0.05, 0) is 99.4 Å². The number of fused-ring (bicyclic) bond motifs is 5. The van der Waals surface area contributed by atoms with E-state index in [1.165, 1.54) is 0 Å². The molecule has 0 amide bonds. The van der Waals surface area contributed by atoms with Gasteiger partial charge in [0.2, 0.25) is 0 Å². The first kappa shape index (κ1) is 35.2. The third-order valence-corrected chi connectivity index (χ3v) is 14.1. The zero-order chi connectivity index (χ0) is 34.2.